The SMILES string of the molecule is CN=C(NCCc1ccc(Cl)nc1)NCCc1nccn1Cc1ccccc1.I. The van der Waals surface area contributed by atoms with Crippen LogP contribution in [0.4, 0.5) is 0 Å². The quantitative estimate of drug-likeness (QED) is 0.205. The number of halogens is 2. The van der Waals surface area contributed by atoms with E-state index in [0.717, 1.165) is 49.8 Å². The molecule has 0 saturated heterocycles. The Morgan fingerprint density at radius 3 is 2.45 bits per heavy atom. The molecule has 154 valence electrons. The van der Waals surface area contributed by atoms with E-state index >= 15 is 0 Å². The summed E-state index contributed by atoms with van der Waals surface area (Å²) in [6, 6.07) is 14.2. The molecule has 2 aromatic heterocycles. The molecule has 0 saturated carbocycles. The molecule has 0 aliphatic carbocycles. The molecule has 3 rings (SSSR count). The molecule has 0 aliphatic heterocycles. The van der Waals surface area contributed by atoms with E-state index in [1.807, 2.05) is 30.6 Å². The van der Waals surface area contributed by atoms with Gasteiger partial charge in [0.1, 0.15) is 11.0 Å². The Hall–Kier alpha value is -2.13. The number of aromatic nitrogens is 3. The monoisotopic (exact) mass is 524 g/mol. The van der Waals surface area contributed by atoms with E-state index in [1.165, 1.54) is 5.56 Å². The summed E-state index contributed by atoms with van der Waals surface area (Å²) in [5.41, 5.74) is 2.40. The third kappa shape index (κ3) is 7.66. The van der Waals surface area contributed by atoms with Gasteiger partial charge in [0.25, 0.3) is 0 Å². The van der Waals surface area contributed by atoms with Gasteiger partial charge in [-0.1, -0.05) is 48.0 Å². The van der Waals surface area contributed by atoms with E-state index in [1.54, 1.807) is 13.2 Å². The van der Waals surface area contributed by atoms with Gasteiger partial charge in [0.05, 0.1) is 0 Å². The minimum absolute atomic E-state index is 0. The fourth-order valence-electron chi connectivity index (χ4n) is 2.89. The number of imidazole rings is 1. The Morgan fingerprint density at radius 2 is 1.76 bits per heavy atom. The van der Waals surface area contributed by atoms with Gasteiger partial charge in [0.15, 0.2) is 5.96 Å². The highest BCUT2D eigenvalue weighted by Gasteiger charge is 2.05. The third-order valence-electron chi connectivity index (χ3n) is 4.36. The van der Waals surface area contributed by atoms with Crippen molar-refractivity contribution in [3.8, 4) is 0 Å². The number of pyridine rings is 1. The number of aliphatic imine (C=N–C) groups is 1. The molecular formula is C21H26ClIN6. The van der Waals surface area contributed by atoms with Gasteiger partial charge in [0.2, 0.25) is 0 Å². The van der Waals surface area contributed by atoms with Crippen molar-refractivity contribution in [3.63, 3.8) is 0 Å². The zero-order valence-corrected chi connectivity index (χ0v) is 19.5. The second kappa shape index (κ2) is 12.4. The van der Waals surface area contributed by atoms with Gasteiger partial charge in [0, 0.05) is 51.7 Å². The molecule has 0 atom stereocenters. The average molecular weight is 525 g/mol. The van der Waals surface area contributed by atoms with Crippen LogP contribution in [0.15, 0.2) is 66.0 Å². The largest absolute Gasteiger partial charge is 0.356 e. The van der Waals surface area contributed by atoms with E-state index in [2.05, 4.69) is 54.4 Å². The maximum Gasteiger partial charge on any atom is 0.191 e. The summed E-state index contributed by atoms with van der Waals surface area (Å²) in [5, 5.41) is 7.17. The third-order valence-corrected chi connectivity index (χ3v) is 4.58. The first-order valence-corrected chi connectivity index (χ1v) is 9.71. The molecule has 0 radical (unpaired) electrons. The van der Waals surface area contributed by atoms with Gasteiger partial charge in [-0.05, 0) is 23.6 Å². The van der Waals surface area contributed by atoms with Crippen molar-refractivity contribution in [1.82, 2.24) is 25.2 Å². The van der Waals surface area contributed by atoms with Crippen molar-refractivity contribution in [3.05, 3.63) is 83.2 Å². The Kier molecular flexibility index (Phi) is 9.93. The van der Waals surface area contributed by atoms with E-state index in [0.29, 0.717) is 5.15 Å². The molecule has 0 amide bonds. The standard InChI is InChI=1S/C21H25ClN6.HI/c1-23-21(25-11-9-17-7-8-19(22)27-15-17)26-12-10-20-24-13-14-28(20)16-18-5-3-2-4-6-18;/h2-8,13-15H,9-12,16H2,1H3,(H2,23,25,26);1H. The van der Waals surface area contributed by atoms with Crippen LogP contribution in [0.3, 0.4) is 0 Å². The molecule has 0 bridgehead atoms. The van der Waals surface area contributed by atoms with Crippen LogP contribution in [0.25, 0.3) is 0 Å². The van der Waals surface area contributed by atoms with Crippen LogP contribution in [-0.4, -0.2) is 40.6 Å². The normalized spacial score (nSPS) is 11.0. The lowest BCUT2D eigenvalue weighted by Crippen LogP contribution is -2.39. The summed E-state index contributed by atoms with van der Waals surface area (Å²) in [4.78, 5) is 12.9. The molecule has 2 heterocycles. The highest BCUT2D eigenvalue weighted by Crippen LogP contribution is 2.06. The number of nitrogens with one attached hydrogen (secondary N) is 2. The number of rotatable bonds is 8. The van der Waals surface area contributed by atoms with Crippen molar-refractivity contribution in [2.75, 3.05) is 20.1 Å². The summed E-state index contributed by atoms with van der Waals surface area (Å²) in [6.45, 7) is 2.36. The zero-order chi connectivity index (χ0) is 19.6. The summed E-state index contributed by atoms with van der Waals surface area (Å²) in [6.07, 6.45) is 7.35. The van der Waals surface area contributed by atoms with Crippen molar-refractivity contribution in [2.24, 2.45) is 4.99 Å². The minimum Gasteiger partial charge on any atom is -0.356 e. The average Bonchev–Trinajstić information content (AvgIpc) is 3.16. The summed E-state index contributed by atoms with van der Waals surface area (Å²) >= 11 is 5.81. The van der Waals surface area contributed by atoms with Gasteiger partial charge in [-0.25, -0.2) is 9.97 Å². The first kappa shape index (κ1) is 23.2. The Bertz CT molecular complexity index is 880. The van der Waals surface area contributed by atoms with Crippen molar-refractivity contribution >= 4 is 41.5 Å². The maximum atomic E-state index is 5.81. The van der Waals surface area contributed by atoms with Gasteiger partial charge < -0.3 is 15.2 Å². The van der Waals surface area contributed by atoms with Crippen LogP contribution in [0.2, 0.25) is 5.15 Å². The summed E-state index contributed by atoms with van der Waals surface area (Å²) < 4.78 is 2.18. The molecule has 6 nitrogen and oxygen atoms in total. The number of hydrogen-bond acceptors (Lipinski definition) is 3. The molecule has 2 N–H and O–H groups in total. The predicted molar refractivity (Wildman–Crippen MR) is 129 cm³/mol. The van der Waals surface area contributed by atoms with Gasteiger partial charge in [-0.15, -0.1) is 24.0 Å². The second-order valence-corrected chi connectivity index (χ2v) is 6.76. The topological polar surface area (TPSA) is 67.1 Å². The Balaban J connectivity index is 0.00000300. The van der Waals surface area contributed by atoms with Crippen molar-refractivity contribution < 1.29 is 0 Å². The Labute approximate surface area is 193 Å². The first-order chi connectivity index (χ1) is 13.7. The second-order valence-electron chi connectivity index (χ2n) is 6.37. The number of guanidine groups is 1. The molecule has 1 aromatic carbocycles. The molecular weight excluding hydrogens is 499 g/mol. The molecule has 0 spiro atoms. The fourth-order valence-corrected chi connectivity index (χ4v) is 3.00. The highest BCUT2D eigenvalue weighted by atomic mass is 127. The molecule has 0 aliphatic rings. The van der Waals surface area contributed by atoms with Crippen LogP contribution >= 0.6 is 35.6 Å². The van der Waals surface area contributed by atoms with Crippen LogP contribution in [0.1, 0.15) is 17.0 Å². The molecule has 0 unspecified atom stereocenters. The van der Waals surface area contributed by atoms with Gasteiger partial charge in [-0.2, -0.15) is 0 Å². The Morgan fingerprint density at radius 1 is 1.00 bits per heavy atom. The van der Waals surface area contributed by atoms with Gasteiger partial charge in [-0.3, -0.25) is 4.99 Å². The van der Waals surface area contributed by atoms with Crippen molar-refractivity contribution in [1.29, 1.82) is 0 Å². The van der Waals surface area contributed by atoms with Crippen LogP contribution in [0.5, 0.6) is 0 Å². The highest BCUT2D eigenvalue weighted by molar-refractivity contribution is 14.0. The van der Waals surface area contributed by atoms with Crippen LogP contribution in [0, 0.1) is 0 Å². The lowest BCUT2D eigenvalue weighted by molar-refractivity contribution is 0.693. The van der Waals surface area contributed by atoms with Crippen LogP contribution < -0.4 is 10.6 Å². The van der Waals surface area contributed by atoms with E-state index in [4.69, 9.17) is 11.6 Å². The number of hydrogen-bond donors (Lipinski definition) is 2. The first-order valence-electron chi connectivity index (χ1n) is 9.33. The molecule has 0 fully saturated rings. The minimum atomic E-state index is 0. The number of benzene rings is 1. The molecule has 8 heteroatoms. The molecule has 3 aromatic rings. The van der Waals surface area contributed by atoms with Crippen molar-refractivity contribution in [2.45, 2.75) is 19.4 Å². The fraction of sp³-hybridized carbons (Fsp3) is 0.286. The number of nitrogens with zero attached hydrogens (tertiary/aromatic N) is 4. The molecule has 29 heavy (non-hydrogen) atoms. The lowest BCUT2D eigenvalue weighted by atomic mass is 10.2. The smallest absolute Gasteiger partial charge is 0.191 e. The van der Waals surface area contributed by atoms with Crippen LogP contribution in [-0.2, 0) is 19.4 Å². The summed E-state index contributed by atoms with van der Waals surface area (Å²) in [7, 11) is 1.77. The summed E-state index contributed by atoms with van der Waals surface area (Å²) in [5.74, 6) is 1.84. The van der Waals surface area contributed by atoms with Gasteiger partial charge >= 0.3 is 0 Å². The predicted octanol–water partition coefficient (Wildman–Crippen LogP) is 3.55. The van der Waals surface area contributed by atoms with E-state index in [9.17, 15) is 0 Å². The van der Waals surface area contributed by atoms with E-state index < -0.39 is 0 Å². The lowest BCUT2D eigenvalue weighted by Gasteiger charge is -2.12. The van der Waals surface area contributed by atoms with E-state index in [-0.39, 0.29) is 24.0 Å². The zero-order valence-electron chi connectivity index (χ0n) is 16.4. The maximum absolute atomic E-state index is 5.81.